The van der Waals surface area contributed by atoms with Crippen molar-refractivity contribution in [3.05, 3.63) is 40.4 Å². The van der Waals surface area contributed by atoms with E-state index in [1.54, 1.807) is 13.8 Å². The van der Waals surface area contributed by atoms with E-state index in [0.29, 0.717) is 10.7 Å². The summed E-state index contributed by atoms with van der Waals surface area (Å²) in [6, 6.07) is 6.04. The summed E-state index contributed by atoms with van der Waals surface area (Å²) in [5.74, 6) is -0.281. The monoisotopic (exact) mass is 393 g/mol. The predicted molar refractivity (Wildman–Crippen MR) is 103 cm³/mol. The molecule has 1 amide bonds. The lowest BCUT2D eigenvalue weighted by atomic mass is 10.2. The summed E-state index contributed by atoms with van der Waals surface area (Å²) in [5.41, 5.74) is 1.48. The summed E-state index contributed by atoms with van der Waals surface area (Å²) in [5, 5.41) is 2.93. The van der Waals surface area contributed by atoms with Gasteiger partial charge in [0.1, 0.15) is 0 Å². The lowest BCUT2D eigenvalue weighted by molar-refractivity contribution is 0.102. The topological polar surface area (TPSA) is 79.4 Å². The number of carbonyl (C=O) groups excluding carboxylic acids is 1. The Morgan fingerprint density at radius 3 is 2.62 bits per heavy atom. The van der Waals surface area contributed by atoms with E-state index in [1.807, 2.05) is 0 Å². The normalized spacial score (nSPS) is 15.1. The van der Waals surface area contributed by atoms with Crippen molar-refractivity contribution in [3.63, 3.8) is 0 Å². The van der Waals surface area contributed by atoms with Gasteiger partial charge in [-0.25, -0.2) is 13.4 Å². The molecule has 3 rings (SSSR count). The highest BCUT2D eigenvalue weighted by molar-refractivity contribution is 7.92. The summed E-state index contributed by atoms with van der Waals surface area (Å²) >= 11 is 1.51. The van der Waals surface area contributed by atoms with Crippen molar-refractivity contribution in [1.82, 2.24) is 9.88 Å². The number of fused-ring (bicyclic) bond motifs is 1. The van der Waals surface area contributed by atoms with Crippen LogP contribution in [0.25, 0.3) is 0 Å². The van der Waals surface area contributed by atoms with Crippen LogP contribution in [-0.4, -0.2) is 42.5 Å². The van der Waals surface area contributed by atoms with Crippen LogP contribution in [0.15, 0.2) is 29.2 Å². The van der Waals surface area contributed by atoms with Gasteiger partial charge in [0, 0.05) is 30.0 Å². The van der Waals surface area contributed by atoms with Gasteiger partial charge >= 0.3 is 0 Å². The molecule has 0 radical (unpaired) electrons. The zero-order valence-corrected chi connectivity index (χ0v) is 16.8. The average Bonchev–Trinajstić information content (AvgIpc) is 3.02. The van der Waals surface area contributed by atoms with E-state index in [2.05, 4.69) is 22.1 Å². The average molecular weight is 394 g/mol. The van der Waals surface area contributed by atoms with Crippen LogP contribution in [0.3, 0.4) is 0 Å². The first-order valence-electron chi connectivity index (χ1n) is 8.67. The van der Waals surface area contributed by atoms with Crippen LogP contribution in [0.1, 0.15) is 41.7 Å². The van der Waals surface area contributed by atoms with E-state index in [9.17, 15) is 13.2 Å². The molecule has 8 heteroatoms. The molecule has 0 saturated heterocycles. The van der Waals surface area contributed by atoms with Crippen molar-refractivity contribution < 1.29 is 13.2 Å². The van der Waals surface area contributed by atoms with Crippen LogP contribution in [0.5, 0.6) is 0 Å². The van der Waals surface area contributed by atoms with Crippen molar-refractivity contribution in [2.75, 3.05) is 18.4 Å². The molecule has 0 fully saturated rings. The fraction of sp³-hybridized carbons (Fsp3) is 0.444. The van der Waals surface area contributed by atoms with Crippen LogP contribution in [-0.2, 0) is 22.8 Å². The Morgan fingerprint density at radius 1 is 1.31 bits per heavy atom. The Balaban J connectivity index is 1.72. The highest BCUT2D eigenvalue weighted by Crippen LogP contribution is 2.28. The number of rotatable bonds is 5. The molecular formula is C18H23N3O3S2. The summed E-state index contributed by atoms with van der Waals surface area (Å²) in [7, 11) is -3.33. The molecule has 0 unspecified atom stereocenters. The molecule has 0 aliphatic carbocycles. The van der Waals surface area contributed by atoms with Crippen molar-refractivity contribution in [2.24, 2.45) is 0 Å². The minimum atomic E-state index is -3.33. The van der Waals surface area contributed by atoms with E-state index in [0.717, 1.165) is 31.7 Å². The molecule has 0 bridgehead atoms. The molecule has 140 valence electrons. The van der Waals surface area contributed by atoms with E-state index in [1.165, 1.54) is 40.5 Å². The fourth-order valence-corrected chi connectivity index (χ4v) is 4.91. The van der Waals surface area contributed by atoms with E-state index in [4.69, 9.17) is 0 Å². The first-order chi connectivity index (χ1) is 12.3. The van der Waals surface area contributed by atoms with Crippen LogP contribution < -0.4 is 5.32 Å². The quantitative estimate of drug-likeness (QED) is 0.845. The molecule has 1 aromatic carbocycles. The Bertz CT molecular complexity index is 902. The first kappa shape index (κ1) is 19.0. The van der Waals surface area contributed by atoms with Gasteiger partial charge in [-0.05, 0) is 44.7 Å². The van der Waals surface area contributed by atoms with Crippen LogP contribution in [0.2, 0.25) is 0 Å². The highest BCUT2D eigenvalue weighted by atomic mass is 32.2. The fourth-order valence-electron chi connectivity index (χ4n) is 2.81. The largest absolute Gasteiger partial charge is 0.298 e. The van der Waals surface area contributed by atoms with Gasteiger partial charge < -0.3 is 0 Å². The van der Waals surface area contributed by atoms with Crippen LogP contribution in [0, 0.1) is 0 Å². The molecular weight excluding hydrogens is 370 g/mol. The third kappa shape index (κ3) is 3.82. The number of nitrogens with one attached hydrogen (secondary N) is 1. The number of hydrogen-bond acceptors (Lipinski definition) is 6. The van der Waals surface area contributed by atoms with Gasteiger partial charge in [0.2, 0.25) is 0 Å². The smallest absolute Gasteiger partial charge is 0.257 e. The van der Waals surface area contributed by atoms with E-state index in [-0.39, 0.29) is 10.8 Å². The van der Waals surface area contributed by atoms with Gasteiger partial charge in [-0.2, -0.15) is 0 Å². The summed E-state index contributed by atoms with van der Waals surface area (Å²) in [6.07, 6.45) is 0.900. The Labute approximate surface area is 158 Å². The van der Waals surface area contributed by atoms with Crippen molar-refractivity contribution in [2.45, 2.75) is 43.9 Å². The number of hydrogen-bond donors (Lipinski definition) is 1. The first-order valence-corrected chi connectivity index (χ1v) is 11.0. The molecule has 0 atom stereocenters. The third-order valence-electron chi connectivity index (χ3n) is 4.54. The van der Waals surface area contributed by atoms with Crippen LogP contribution in [0.4, 0.5) is 5.13 Å². The van der Waals surface area contributed by atoms with Gasteiger partial charge in [-0.15, -0.1) is 11.3 Å². The number of benzene rings is 1. The van der Waals surface area contributed by atoms with Gasteiger partial charge in [0.05, 0.1) is 15.8 Å². The maximum atomic E-state index is 12.4. The van der Waals surface area contributed by atoms with Gasteiger partial charge in [-0.3, -0.25) is 15.0 Å². The molecule has 2 aromatic rings. The molecule has 26 heavy (non-hydrogen) atoms. The number of amides is 1. The Morgan fingerprint density at radius 2 is 2.00 bits per heavy atom. The molecule has 1 aromatic heterocycles. The Kier molecular flexibility index (Phi) is 5.45. The second kappa shape index (κ2) is 7.46. The highest BCUT2D eigenvalue weighted by Gasteiger charge is 2.22. The van der Waals surface area contributed by atoms with Crippen molar-refractivity contribution >= 4 is 32.2 Å². The van der Waals surface area contributed by atoms with Gasteiger partial charge in [0.15, 0.2) is 15.0 Å². The SMILES string of the molecule is CCN1CCc2nc(NC(=O)c3ccc(S(=O)(=O)C(C)C)cc3)sc2C1. The zero-order chi connectivity index (χ0) is 18.9. The van der Waals surface area contributed by atoms with E-state index < -0.39 is 15.1 Å². The number of sulfone groups is 1. The molecule has 0 saturated carbocycles. The number of anilines is 1. The van der Waals surface area contributed by atoms with Crippen molar-refractivity contribution in [3.8, 4) is 0 Å². The molecule has 1 N–H and O–H groups in total. The number of nitrogens with zero attached hydrogens (tertiary/aromatic N) is 2. The van der Waals surface area contributed by atoms with Crippen LogP contribution >= 0.6 is 11.3 Å². The number of likely N-dealkylation sites (N-methyl/N-ethyl adjacent to an activating group) is 1. The minimum absolute atomic E-state index is 0.230. The molecule has 1 aliphatic rings. The van der Waals surface area contributed by atoms with E-state index >= 15 is 0 Å². The third-order valence-corrected chi connectivity index (χ3v) is 7.71. The zero-order valence-electron chi connectivity index (χ0n) is 15.2. The maximum absolute atomic E-state index is 12.4. The summed E-state index contributed by atoms with van der Waals surface area (Å²) < 4.78 is 24.3. The molecule has 6 nitrogen and oxygen atoms in total. The number of aromatic nitrogens is 1. The summed E-state index contributed by atoms with van der Waals surface area (Å²) in [4.78, 5) is 20.7. The molecule has 0 spiro atoms. The Hall–Kier alpha value is -1.77. The maximum Gasteiger partial charge on any atom is 0.257 e. The lowest BCUT2D eigenvalue weighted by Crippen LogP contribution is -2.29. The summed E-state index contributed by atoms with van der Waals surface area (Å²) in [6.45, 7) is 8.29. The lowest BCUT2D eigenvalue weighted by Gasteiger charge is -2.23. The second-order valence-corrected chi connectivity index (χ2v) is 10.2. The molecule has 1 aliphatic heterocycles. The van der Waals surface area contributed by atoms with Gasteiger partial charge in [0.25, 0.3) is 5.91 Å². The number of carbonyl (C=O) groups is 1. The second-order valence-electron chi connectivity index (χ2n) is 6.58. The molecule has 2 heterocycles. The van der Waals surface area contributed by atoms with Gasteiger partial charge in [-0.1, -0.05) is 6.92 Å². The standard InChI is InChI=1S/C18H23N3O3S2/c1-4-21-10-9-15-16(11-21)25-18(19-15)20-17(22)13-5-7-14(8-6-13)26(23,24)12(2)3/h5-8,12H,4,9-11H2,1-3H3,(H,19,20,22). The number of thiazole rings is 1. The van der Waals surface area contributed by atoms with Crippen molar-refractivity contribution in [1.29, 1.82) is 0 Å². The predicted octanol–water partition coefficient (Wildman–Crippen LogP) is 2.96. The minimum Gasteiger partial charge on any atom is -0.298 e.